The van der Waals surface area contributed by atoms with E-state index in [0.717, 1.165) is 31.0 Å². The normalized spacial score (nSPS) is 27.1. The van der Waals surface area contributed by atoms with E-state index in [2.05, 4.69) is 20.3 Å². The molecule has 0 spiro atoms. The van der Waals surface area contributed by atoms with Crippen molar-refractivity contribution in [2.75, 3.05) is 23.5 Å². The molecule has 6 nitrogen and oxygen atoms in total. The molecular formula is C12H19N5O. The third-order valence-corrected chi connectivity index (χ3v) is 3.95. The van der Waals surface area contributed by atoms with Crippen molar-refractivity contribution >= 4 is 11.6 Å². The van der Waals surface area contributed by atoms with E-state index in [1.807, 2.05) is 6.92 Å². The number of rotatable bonds is 2. The Bertz CT molecular complexity index is 438. The largest absolute Gasteiger partial charge is 0.374 e. The molecule has 2 fully saturated rings. The summed E-state index contributed by atoms with van der Waals surface area (Å²) >= 11 is 0. The Morgan fingerprint density at radius 2 is 2.33 bits per heavy atom. The topological polar surface area (TPSA) is 76.3 Å². The number of hydrogen-bond donors (Lipinski definition) is 2. The van der Waals surface area contributed by atoms with Crippen LogP contribution in [0.3, 0.4) is 0 Å². The second-order valence-electron chi connectivity index (χ2n) is 4.92. The summed E-state index contributed by atoms with van der Waals surface area (Å²) in [6.45, 7) is 3.67. The van der Waals surface area contributed by atoms with Crippen LogP contribution in [-0.2, 0) is 4.74 Å². The summed E-state index contributed by atoms with van der Waals surface area (Å²) in [6.07, 6.45) is 5.50. The molecule has 18 heavy (non-hydrogen) atoms. The highest BCUT2D eigenvalue weighted by Crippen LogP contribution is 2.34. The number of hydrazine groups is 1. The first-order chi connectivity index (χ1) is 8.81. The summed E-state index contributed by atoms with van der Waals surface area (Å²) in [5.74, 6) is 7.15. The van der Waals surface area contributed by atoms with Crippen LogP contribution >= 0.6 is 0 Å². The molecule has 0 bridgehead atoms. The first-order valence-corrected chi connectivity index (χ1v) is 6.47. The maximum Gasteiger partial charge on any atom is 0.148 e. The van der Waals surface area contributed by atoms with Crippen molar-refractivity contribution < 1.29 is 4.74 Å². The molecule has 2 aliphatic rings. The monoisotopic (exact) mass is 249 g/mol. The van der Waals surface area contributed by atoms with Gasteiger partial charge < -0.3 is 15.1 Å². The molecule has 0 radical (unpaired) electrons. The van der Waals surface area contributed by atoms with Gasteiger partial charge in [-0.2, -0.15) is 0 Å². The molecule has 1 aromatic heterocycles. The van der Waals surface area contributed by atoms with Gasteiger partial charge in [-0.05, 0) is 26.2 Å². The van der Waals surface area contributed by atoms with Crippen LogP contribution in [0, 0.1) is 6.92 Å². The van der Waals surface area contributed by atoms with Crippen molar-refractivity contribution in [2.24, 2.45) is 5.84 Å². The summed E-state index contributed by atoms with van der Waals surface area (Å²) in [5, 5.41) is 0. The number of morpholine rings is 1. The van der Waals surface area contributed by atoms with Crippen molar-refractivity contribution in [3.05, 3.63) is 11.9 Å². The number of anilines is 2. The van der Waals surface area contributed by atoms with E-state index in [4.69, 9.17) is 10.6 Å². The third-order valence-electron chi connectivity index (χ3n) is 3.95. The quantitative estimate of drug-likeness (QED) is 0.597. The molecule has 1 saturated heterocycles. The van der Waals surface area contributed by atoms with Crippen LogP contribution in [-0.4, -0.2) is 35.3 Å². The fraction of sp³-hybridized carbons (Fsp3) is 0.667. The van der Waals surface area contributed by atoms with Crippen LogP contribution in [0.15, 0.2) is 6.33 Å². The molecule has 1 saturated carbocycles. The minimum absolute atomic E-state index is 0.363. The Kier molecular flexibility index (Phi) is 3.05. The zero-order valence-corrected chi connectivity index (χ0v) is 10.6. The summed E-state index contributed by atoms with van der Waals surface area (Å²) in [7, 11) is 0. The average molecular weight is 249 g/mol. The lowest BCUT2D eigenvalue weighted by atomic mass is 10.1. The number of nitrogens with zero attached hydrogens (tertiary/aromatic N) is 3. The van der Waals surface area contributed by atoms with Gasteiger partial charge in [-0.1, -0.05) is 0 Å². The third kappa shape index (κ3) is 1.81. The summed E-state index contributed by atoms with van der Waals surface area (Å²) < 4.78 is 5.82. The van der Waals surface area contributed by atoms with Gasteiger partial charge in [0.1, 0.15) is 18.0 Å². The molecule has 3 rings (SSSR count). The summed E-state index contributed by atoms with van der Waals surface area (Å²) in [5.41, 5.74) is 3.63. The van der Waals surface area contributed by atoms with E-state index in [1.165, 1.54) is 12.8 Å². The highest BCUT2D eigenvalue weighted by molar-refractivity contribution is 5.58. The Hall–Kier alpha value is -1.40. The van der Waals surface area contributed by atoms with Crippen LogP contribution in [0.4, 0.5) is 11.6 Å². The van der Waals surface area contributed by atoms with Crippen molar-refractivity contribution in [3.8, 4) is 0 Å². The van der Waals surface area contributed by atoms with Crippen LogP contribution in [0.25, 0.3) is 0 Å². The molecule has 1 aliphatic heterocycles. The SMILES string of the molecule is Cc1c(NN)ncnc1N1CCOC2CCCC21. The van der Waals surface area contributed by atoms with Gasteiger partial charge in [0, 0.05) is 12.1 Å². The first kappa shape index (κ1) is 11.7. The molecule has 1 aliphatic carbocycles. The maximum absolute atomic E-state index is 5.82. The average Bonchev–Trinajstić information content (AvgIpc) is 2.87. The molecule has 3 N–H and O–H groups in total. The number of nitrogens with one attached hydrogen (secondary N) is 1. The van der Waals surface area contributed by atoms with Crippen molar-refractivity contribution in [3.63, 3.8) is 0 Å². The van der Waals surface area contributed by atoms with Crippen LogP contribution in [0.1, 0.15) is 24.8 Å². The number of aromatic nitrogens is 2. The minimum Gasteiger partial charge on any atom is -0.374 e. The predicted molar refractivity (Wildman–Crippen MR) is 69.3 cm³/mol. The number of nitrogens with two attached hydrogens (primary N) is 1. The molecular weight excluding hydrogens is 230 g/mol. The number of ether oxygens (including phenoxy) is 1. The lowest BCUT2D eigenvalue weighted by molar-refractivity contribution is 0.0253. The fourth-order valence-corrected chi connectivity index (χ4v) is 3.06. The second kappa shape index (κ2) is 4.70. The Balaban J connectivity index is 1.93. The fourth-order valence-electron chi connectivity index (χ4n) is 3.06. The van der Waals surface area contributed by atoms with Gasteiger partial charge in [-0.15, -0.1) is 0 Å². The lowest BCUT2D eigenvalue weighted by Gasteiger charge is -2.39. The van der Waals surface area contributed by atoms with Gasteiger partial charge in [-0.25, -0.2) is 15.8 Å². The van der Waals surface area contributed by atoms with Gasteiger partial charge in [0.25, 0.3) is 0 Å². The second-order valence-corrected chi connectivity index (χ2v) is 4.92. The zero-order chi connectivity index (χ0) is 12.5. The Labute approximate surface area is 107 Å². The zero-order valence-electron chi connectivity index (χ0n) is 10.6. The van der Waals surface area contributed by atoms with E-state index in [0.29, 0.717) is 18.0 Å². The van der Waals surface area contributed by atoms with Gasteiger partial charge in [0.2, 0.25) is 0 Å². The van der Waals surface area contributed by atoms with E-state index in [-0.39, 0.29) is 0 Å². The van der Waals surface area contributed by atoms with E-state index in [9.17, 15) is 0 Å². The number of fused-ring (bicyclic) bond motifs is 1. The minimum atomic E-state index is 0.363. The molecule has 2 atom stereocenters. The predicted octanol–water partition coefficient (Wildman–Crippen LogP) is 0.828. The van der Waals surface area contributed by atoms with Crippen molar-refractivity contribution in [2.45, 2.75) is 38.3 Å². The van der Waals surface area contributed by atoms with Crippen molar-refractivity contribution in [1.29, 1.82) is 0 Å². The maximum atomic E-state index is 5.82. The van der Waals surface area contributed by atoms with Gasteiger partial charge in [0.15, 0.2) is 0 Å². The Morgan fingerprint density at radius 3 is 3.17 bits per heavy atom. The molecule has 0 aromatic carbocycles. The number of nitrogen functional groups attached to an aromatic ring is 1. The standard InChI is InChI=1S/C12H19N5O/c1-8-11(16-13)14-7-15-12(8)17-5-6-18-10-4-2-3-9(10)17/h7,9-10H,2-6,13H2,1H3,(H,14,15,16). The molecule has 2 heterocycles. The highest BCUT2D eigenvalue weighted by Gasteiger charge is 2.37. The van der Waals surface area contributed by atoms with Gasteiger partial charge in [-0.3, -0.25) is 0 Å². The summed E-state index contributed by atoms with van der Waals surface area (Å²) in [4.78, 5) is 10.9. The summed E-state index contributed by atoms with van der Waals surface area (Å²) in [6, 6.07) is 0.456. The first-order valence-electron chi connectivity index (χ1n) is 6.47. The number of hydrogen-bond acceptors (Lipinski definition) is 6. The van der Waals surface area contributed by atoms with Gasteiger partial charge in [0.05, 0.1) is 18.8 Å². The van der Waals surface area contributed by atoms with Crippen molar-refractivity contribution in [1.82, 2.24) is 9.97 Å². The van der Waals surface area contributed by atoms with E-state index in [1.54, 1.807) is 6.33 Å². The highest BCUT2D eigenvalue weighted by atomic mass is 16.5. The smallest absolute Gasteiger partial charge is 0.148 e. The Morgan fingerprint density at radius 1 is 1.44 bits per heavy atom. The molecule has 98 valence electrons. The molecule has 2 unspecified atom stereocenters. The molecule has 6 heteroatoms. The van der Waals surface area contributed by atoms with Crippen LogP contribution in [0.5, 0.6) is 0 Å². The van der Waals surface area contributed by atoms with Crippen LogP contribution in [0.2, 0.25) is 0 Å². The van der Waals surface area contributed by atoms with E-state index < -0.39 is 0 Å². The molecule has 1 aromatic rings. The van der Waals surface area contributed by atoms with Gasteiger partial charge >= 0.3 is 0 Å². The van der Waals surface area contributed by atoms with Crippen LogP contribution < -0.4 is 16.2 Å². The lowest BCUT2D eigenvalue weighted by Crippen LogP contribution is -2.49. The molecule has 0 amide bonds. The van der Waals surface area contributed by atoms with E-state index >= 15 is 0 Å².